The molecule has 1 unspecified atom stereocenters. The van der Waals surface area contributed by atoms with Gasteiger partial charge in [0.25, 0.3) is 17.7 Å². The summed E-state index contributed by atoms with van der Waals surface area (Å²) in [6, 6.07) is 13.2. The van der Waals surface area contributed by atoms with Crippen LogP contribution in [0.5, 0.6) is 5.75 Å². The maximum absolute atomic E-state index is 13.4. The molecule has 328 valence electrons. The van der Waals surface area contributed by atoms with E-state index in [-0.39, 0.29) is 81.3 Å². The van der Waals surface area contributed by atoms with E-state index in [1.54, 1.807) is 6.07 Å². The lowest BCUT2D eigenvalue weighted by Gasteiger charge is -2.27. The predicted octanol–water partition coefficient (Wildman–Crippen LogP) is 2.35. The van der Waals surface area contributed by atoms with Crippen molar-refractivity contribution in [3.05, 3.63) is 89.1 Å². The number of unbranched alkanes of at least 4 members (excludes halogenated alkanes) is 1. The minimum Gasteiger partial charge on any atom is -0.491 e. The fourth-order valence-electron chi connectivity index (χ4n) is 6.53. The Labute approximate surface area is 360 Å². The molecule has 2 aromatic carbocycles. The summed E-state index contributed by atoms with van der Waals surface area (Å²) < 4.78 is 41.4. The van der Waals surface area contributed by atoms with Gasteiger partial charge in [-0.05, 0) is 49.9 Å². The van der Waals surface area contributed by atoms with Crippen LogP contribution in [0.2, 0.25) is 0 Å². The van der Waals surface area contributed by atoms with Crippen molar-refractivity contribution in [1.29, 1.82) is 0 Å². The van der Waals surface area contributed by atoms with Gasteiger partial charge in [0.2, 0.25) is 33.7 Å². The van der Waals surface area contributed by atoms with Crippen LogP contribution in [0.25, 0.3) is 11.3 Å². The number of amides is 7. The Morgan fingerprint density at radius 3 is 2.42 bits per heavy atom. The molecule has 0 spiro atoms. The second kappa shape index (κ2) is 21.0. The number of ether oxygens (including phenoxy) is 3. The third kappa shape index (κ3) is 12.0. The predicted molar refractivity (Wildman–Crippen MR) is 224 cm³/mol. The van der Waals surface area contributed by atoms with Gasteiger partial charge in [-0.1, -0.05) is 30.3 Å². The molecule has 2 atom stereocenters. The molecular weight excluding hydrogens is 847 g/mol. The summed E-state index contributed by atoms with van der Waals surface area (Å²) in [7, 11) is -3.61. The SMILES string of the molecule is CS(=O)(=O)n1ccc(C(=O)N[C@@H](CCCCNC(=O)CCOCCOCCOc2ccc3c(c2)C(=O)N(C2CCC(=O)NC2=O)C3=O)C(=O)Nc2nc(-c3ccccc3)cs2)c1. The van der Waals surface area contributed by atoms with Gasteiger partial charge >= 0.3 is 0 Å². The first-order valence-corrected chi connectivity index (χ1v) is 22.4. The number of fused-ring (bicyclic) bond motifs is 1. The van der Waals surface area contributed by atoms with Crippen LogP contribution in [-0.2, 0) is 38.7 Å². The minimum absolute atomic E-state index is 0.0290. The largest absolute Gasteiger partial charge is 0.491 e. The van der Waals surface area contributed by atoms with Crippen LogP contribution in [0.15, 0.2) is 72.4 Å². The second-order valence-corrected chi connectivity index (χ2v) is 17.0. The molecule has 0 aliphatic carbocycles. The minimum atomic E-state index is -3.61. The van der Waals surface area contributed by atoms with E-state index in [4.69, 9.17) is 14.2 Å². The second-order valence-electron chi connectivity index (χ2n) is 14.2. The zero-order valence-corrected chi connectivity index (χ0v) is 35.3. The molecule has 21 heteroatoms. The molecule has 6 rings (SSSR count). The lowest BCUT2D eigenvalue weighted by Crippen LogP contribution is -2.54. The zero-order chi connectivity index (χ0) is 44.2. The van der Waals surface area contributed by atoms with Crippen molar-refractivity contribution in [2.24, 2.45) is 0 Å². The molecule has 4 heterocycles. The third-order valence-electron chi connectivity index (χ3n) is 9.73. The van der Waals surface area contributed by atoms with Crippen molar-refractivity contribution in [2.75, 3.05) is 51.2 Å². The maximum atomic E-state index is 13.4. The maximum Gasteiger partial charge on any atom is 0.262 e. The van der Waals surface area contributed by atoms with Crippen molar-refractivity contribution in [3.63, 3.8) is 0 Å². The number of nitrogens with one attached hydrogen (secondary N) is 4. The number of aromatic nitrogens is 2. The van der Waals surface area contributed by atoms with Crippen LogP contribution in [0.1, 0.15) is 69.6 Å². The number of carbonyl (C=O) groups excluding carboxylic acids is 7. The van der Waals surface area contributed by atoms with Crippen LogP contribution in [-0.4, -0.2) is 122 Å². The number of piperidine rings is 1. The lowest BCUT2D eigenvalue weighted by atomic mass is 10.0. The topological polar surface area (TPSA) is 250 Å². The Morgan fingerprint density at radius 1 is 0.935 bits per heavy atom. The summed E-state index contributed by atoms with van der Waals surface area (Å²) in [5.41, 5.74) is 1.89. The first-order chi connectivity index (χ1) is 29.8. The van der Waals surface area contributed by atoms with Gasteiger partial charge in [-0.25, -0.2) is 13.4 Å². The fraction of sp³-hybridized carbons (Fsp3) is 0.366. The number of hydrogen-bond acceptors (Lipinski definition) is 14. The highest BCUT2D eigenvalue weighted by Crippen LogP contribution is 2.30. The average molecular weight is 892 g/mol. The monoisotopic (exact) mass is 891 g/mol. The van der Waals surface area contributed by atoms with E-state index in [0.29, 0.717) is 36.0 Å². The third-order valence-corrected chi connectivity index (χ3v) is 11.5. The number of thiazole rings is 1. The molecule has 0 saturated carbocycles. The van der Waals surface area contributed by atoms with E-state index in [1.165, 1.54) is 41.9 Å². The highest BCUT2D eigenvalue weighted by atomic mass is 32.2. The summed E-state index contributed by atoms with van der Waals surface area (Å²) in [5, 5.41) is 12.6. The number of carbonyl (C=O) groups is 7. The number of benzene rings is 2. The molecule has 62 heavy (non-hydrogen) atoms. The van der Waals surface area contributed by atoms with E-state index >= 15 is 0 Å². The molecular formula is C41H45N7O12S2. The lowest BCUT2D eigenvalue weighted by molar-refractivity contribution is -0.136. The van der Waals surface area contributed by atoms with Gasteiger partial charge in [0.05, 0.1) is 55.1 Å². The zero-order valence-electron chi connectivity index (χ0n) is 33.6. The molecule has 4 N–H and O–H groups in total. The molecule has 2 aliphatic heterocycles. The van der Waals surface area contributed by atoms with Gasteiger partial charge in [-0.15, -0.1) is 11.3 Å². The molecule has 2 aliphatic rings. The van der Waals surface area contributed by atoms with E-state index in [1.807, 2.05) is 35.7 Å². The highest BCUT2D eigenvalue weighted by molar-refractivity contribution is 7.89. The smallest absolute Gasteiger partial charge is 0.262 e. The highest BCUT2D eigenvalue weighted by Gasteiger charge is 2.44. The van der Waals surface area contributed by atoms with Crippen LogP contribution >= 0.6 is 11.3 Å². The van der Waals surface area contributed by atoms with Gasteiger partial charge in [0.15, 0.2) is 5.13 Å². The van der Waals surface area contributed by atoms with Crippen molar-refractivity contribution < 1.29 is 56.2 Å². The Morgan fingerprint density at radius 2 is 1.68 bits per heavy atom. The van der Waals surface area contributed by atoms with Crippen LogP contribution in [0.3, 0.4) is 0 Å². The Balaban J connectivity index is 0.852. The molecule has 7 amide bonds. The van der Waals surface area contributed by atoms with Crippen LogP contribution in [0, 0.1) is 0 Å². The number of imide groups is 2. The van der Waals surface area contributed by atoms with E-state index in [0.717, 1.165) is 20.7 Å². The van der Waals surface area contributed by atoms with E-state index in [2.05, 4.69) is 26.3 Å². The summed E-state index contributed by atoms with van der Waals surface area (Å²) in [4.78, 5) is 93.9. The van der Waals surface area contributed by atoms with Crippen molar-refractivity contribution in [3.8, 4) is 17.0 Å². The number of nitrogens with zero attached hydrogens (tertiary/aromatic N) is 3. The Hall–Kier alpha value is -6.29. The standard InChI is InChI=1S/C41H45N7O12S2/c1-62(56,57)47-17-14-27(24-47)36(51)43-31(37(52)46-41-44-32(25-61-41)26-7-3-2-4-8-26)9-5-6-16-42-34(49)15-18-58-19-20-59-21-22-60-28-10-11-29-30(23-28)40(55)48(39(29)54)33-12-13-35(50)45-38(33)53/h2-4,7-8,10-11,14,17,23-25,31,33H,5-6,9,12-13,15-16,18-22H2,1H3,(H,42,49)(H,43,51)(H,44,46,52)(H,45,50,53)/t31-,33?/m0/s1. The number of rotatable bonds is 22. The molecule has 4 aromatic rings. The Kier molecular flexibility index (Phi) is 15.3. The molecule has 1 fully saturated rings. The molecule has 2 aromatic heterocycles. The fourth-order valence-corrected chi connectivity index (χ4v) is 7.84. The van der Waals surface area contributed by atoms with Gasteiger partial charge < -0.3 is 30.2 Å². The summed E-state index contributed by atoms with van der Waals surface area (Å²) in [6.07, 6.45) is 4.82. The van der Waals surface area contributed by atoms with Gasteiger partial charge in [-0.2, -0.15) is 0 Å². The van der Waals surface area contributed by atoms with Crippen molar-refractivity contribution in [2.45, 2.75) is 50.6 Å². The molecule has 1 saturated heterocycles. The quantitative estimate of drug-likeness (QED) is 0.0655. The van der Waals surface area contributed by atoms with Crippen molar-refractivity contribution >= 4 is 67.8 Å². The van der Waals surface area contributed by atoms with Crippen molar-refractivity contribution in [1.82, 2.24) is 29.8 Å². The number of hydrogen-bond donors (Lipinski definition) is 4. The molecule has 0 radical (unpaired) electrons. The van der Waals surface area contributed by atoms with Gasteiger partial charge in [0.1, 0.15) is 24.4 Å². The first kappa shape index (κ1) is 45.2. The van der Waals surface area contributed by atoms with Gasteiger partial charge in [-0.3, -0.25) is 47.8 Å². The average Bonchev–Trinajstić information content (AvgIpc) is 3.99. The molecule has 19 nitrogen and oxygen atoms in total. The number of anilines is 1. The van der Waals surface area contributed by atoms with E-state index in [9.17, 15) is 42.0 Å². The van der Waals surface area contributed by atoms with Crippen LogP contribution in [0.4, 0.5) is 5.13 Å². The van der Waals surface area contributed by atoms with E-state index < -0.39 is 57.6 Å². The summed E-state index contributed by atoms with van der Waals surface area (Å²) >= 11 is 1.24. The molecule has 0 bridgehead atoms. The first-order valence-electron chi connectivity index (χ1n) is 19.7. The van der Waals surface area contributed by atoms with Crippen LogP contribution < -0.4 is 26.0 Å². The Bertz CT molecular complexity index is 2420. The van der Waals surface area contributed by atoms with Gasteiger partial charge in [0, 0.05) is 42.7 Å². The summed E-state index contributed by atoms with van der Waals surface area (Å²) in [5.74, 6) is -3.38. The summed E-state index contributed by atoms with van der Waals surface area (Å²) in [6.45, 7) is 1.26. The normalized spacial score (nSPS) is 15.5.